The van der Waals surface area contributed by atoms with Crippen LogP contribution in [0, 0.1) is 12.8 Å². The van der Waals surface area contributed by atoms with E-state index in [9.17, 15) is 0 Å². The Kier molecular flexibility index (Phi) is 6.95. The van der Waals surface area contributed by atoms with Gasteiger partial charge in [-0.25, -0.2) is 0 Å². The van der Waals surface area contributed by atoms with Gasteiger partial charge in [0.25, 0.3) is 0 Å². The third-order valence-electron chi connectivity index (χ3n) is 3.29. The fourth-order valence-electron chi connectivity index (χ4n) is 2.17. The average molecular weight is 312 g/mol. The molecule has 1 rings (SSSR count). The van der Waals surface area contributed by atoms with Gasteiger partial charge in [-0.2, -0.15) is 0 Å². The molecule has 0 aliphatic rings. The lowest BCUT2D eigenvalue weighted by atomic mass is 9.94. The van der Waals surface area contributed by atoms with Crippen LogP contribution >= 0.6 is 15.9 Å². The first-order valence-electron chi connectivity index (χ1n) is 7.04. The molecule has 0 spiro atoms. The zero-order valence-corrected chi connectivity index (χ0v) is 13.7. The van der Waals surface area contributed by atoms with E-state index in [4.69, 9.17) is 0 Å². The van der Waals surface area contributed by atoms with E-state index in [0.29, 0.717) is 6.04 Å². The van der Waals surface area contributed by atoms with E-state index in [1.807, 2.05) is 0 Å². The Morgan fingerprint density at radius 3 is 2.56 bits per heavy atom. The second kappa shape index (κ2) is 7.96. The lowest BCUT2D eigenvalue weighted by molar-refractivity contribution is 0.439. The molecule has 0 aromatic heterocycles. The van der Waals surface area contributed by atoms with Crippen LogP contribution in [0.25, 0.3) is 0 Å². The normalized spacial score (nSPS) is 13.0. The first-order chi connectivity index (χ1) is 8.54. The molecule has 0 fully saturated rings. The van der Waals surface area contributed by atoms with E-state index in [2.05, 4.69) is 67.1 Å². The first kappa shape index (κ1) is 15.7. The highest BCUT2D eigenvalue weighted by Gasteiger charge is 2.14. The zero-order valence-electron chi connectivity index (χ0n) is 12.1. The van der Waals surface area contributed by atoms with Crippen LogP contribution in [0.3, 0.4) is 0 Å². The van der Waals surface area contributed by atoms with Crippen molar-refractivity contribution in [1.82, 2.24) is 5.32 Å². The number of aryl methyl sites for hydroxylation is 1. The van der Waals surface area contributed by atoms with E-state index >= 15 is 0 Å². The van der Waals surface area contributed by atoms with E-state index in [1.54, 1.807) is 0 Å². The first-order valence-corrected chi connectivity index (χ1v) is 7.83. The summed E-state index contributed by atoms with van der Waals surface area (Å²) in [6, 6.07) is 7.08. The van der Waals surface area contributed by atoms with Crippen molar-refractivity contribution in [3.8, 4) is 0 Å². The molecule has 2 heteroatoms. The fraction of sp³-hybridized carbons (Fsp3) is 0.625. The lowest BCUT2D eigenvalue weighted by Crippen LogP contribution is -2.23. The molecule has 0 aliphatic heterocycles. The van der Waals surface area contributed by atoms with Crippen LogP contribution < -0.4 is 5.32 Å². The maximum atomic E-state index is 3.69. The molecular formula is C16H26BrN. The summed E-state index contributed by atoms with van der Waals surface area (Å²) in [6.07, 6.45) is 3.67. The standard InChI is InChI=1S/C16H26BrN/c1-5-10-18-16(9-6-12(2)3)15-11-14(17)8-7-13(15)4/h7-8,11-12,16,18H,5-6,9-10H2,1-4H3. The smallest absolute Gasteiger partial charge is 0.0323 e. The molecule has 0 heterocycles. The molecule has 0 amide bonds. The number of rotatable bonds is 7. The van der Waals surface area contributed by atoms with E-state index < -0.39 is 0 Å². The topological polar surface area (TPSA) is 12.0 Å². The SMILES string of the molecule is CCCNC(CCC(C)C)c1cc(Br)ccc1C. The van der Waals surface area contributed by atoms with Gasteiger partial charge in [0.1, 0.15) is 0 Å². The van der Waals surface area contributed by atoms with Crippen LogP contribution in [-0.4, -0.2) is 6.54 Å². The van der Waals surface area contributed by atoms with Crippen LogP contribution in [0.15, 0.2) is 22.7 Å². The lowest BCUT2D eigenvalue weighted by Gasteiger charge is -2.22. The molecule has 0 saturated heterocycles. The maximum absolute atomic E-state index is 3.69. The average Bonchev–Trinajstić information content (AvgIpc) is 2.32. The Bertz CT molecular complexity index is 360. The van der Waals surface area contributed by atoms with Gasteiger partial charge in [0, 0.05) is 10.5 Å². The van der Waals surface area contributed by atoms with Gasteiger partial charge < -0.3 is 5.32 Å². The van der Waals surface area contributed by atoms with E-state index in [0.717, 1.165) is 12.5 Å². The van der Waals surface area contributed by atoms with Crippen molar-refractivity contribution in [2.24, 2.45) is 5.92 Å². The van der Waals surface area contributed by atoms with Crippen LogP contribution in [-0.2, 0) is 0 Å². The highest BCUT2D eigenvalue weighted by atomic mass is 79.9. The molecular weight excluding hydrogens is 286 g/mol. The third kappa shape index (κ3) is 5.11. The Balaban J connectivity index is 2.82. The molecule has 0 radical (unpaired) electrons. The summed E-state index contributed by atoms with van der Waals surface area (Å²) in [4.78, 5) is 0. The Morgan fingerprint density at radius 2 is 1.94 bits per heavy atom. The van der Waals surface area contributed by atoms with Crippen molar-refractivity contribution in [3.63, 3.8) is 0 Å². The van der Waals surface area contributed by atoms with Crippen LogP contribution in [0.1, 0.15) is 57.2 Å². The van der Waals surface area contributed by atoms with Gasteiger partial charge in [0.2, 0.25) is 0 Å². The minimum absolute atomic E-state index is 0.491. The van der Waals surface area contributed by atoms with Crippen molar-refractivity contribution in [2.45, 2.75) is 53.0 Å². The van der Waals surface area contributed by atoms with Crippen molar-refractivity contribution in [1.29, 1.82) is 0 Å². The van der Waals surface area contributed by atoms with Gasteiger partial charge in [0.15, 0.2) is 0 Å². The number of hydrogen-bond acceptors (Lipinski definition) is 1. The minimum Gasteiger partial charge on any atom is -0.310 e. The summed E-state index contributed by atoms with van der Waals surface area (Å²) >= 11 is 3.59. The Morgan fingerprint density at radius 1 is 1.22 bits per heavy atom. The molecule has 1 nitrogen and oxygen atoms in total. The molecule has 1 unspecified atom stereocenters. The molecule has 0 bridgehead atoms. The Labute approximate surface area is 120 Å². The van der Waals surface area contributed by atoms with Crippen LogP contribution in [0.2, 0.25) is 0 Å². The van der Waals surface area contributed by atoms with Crippen molar-refractivity contribution >= 4 is 15.9 Å². The molecule has 0 aliphatic carbocycles. The summed E-state index contributed by atoms with van der Waals surface area (Å²) in [5, 5.41) is 3.69. The van der Waals surface area contributed by atoms with Gasteiger partial charge in [-0.1, -0.05) is 42.8 Å². The summed E-state index contributed by atoms with van der Waals surface area (Å²) < 4.78 is 1.18. The molecule has 1 atom stereocenters. The van der Waals surface area contributed by atoms with Gasteiger partial charge >= 0.3 is 0 Å². The fourth-order valence-corrected chi connectivity index (χ4v) is 2.55. The zero-order chi connectivity index (χ0) is 13.5. The van der Waals surface area contributed by atoms with Gasteiger partial charge in [0.05, 0.1) is 0 Å². The molecule has 1 aromatic rings. The van der Waals surface area contributed by atoms with Crippen molar-refractivity contribution in [2.75, 3.05) is 6.54 Å². The number of hydrogen-bond donors (Lipinski definition) is 1. The molecule has 102 valence electrons. The predicted molar refractivity (Wildman–Crippen MR) is 84.0 cm³/mol. The summed E-state index contributed by atoms with van der Waals surface area (Å²) in [6.45, 7) is 10.1. The second-order valence-electron chi connectivity index (χ2n) is 5.48. The Hall–Kier alpha value is -0.340. The minimum atomic E-state index is 0.491. The number of halogens is 1. The maximum Gasteiger partial charge on any atom is 0.0323 e. The van der Waals surface area contributed by atoms with Gasteiger partial charge in [-0.05, 0) is 61.9 Å². The summed E-state index contributed by atoms with van der Waals surface area (Å²) in [5.74, 6) is 0.767. The monoisotopic (exact) mass is 311 g/mol. The van der Waals surface area contributed by atoms with Gasteiger partial charge in [-0.3, -0.25) is 0 Å². The molecule has 0 saturated carbocycles. The number of nitrogens with one attached hydrogen (secondary N) is 1. The van der Waals surface area contributed by atoms with Crippen molar-refractivity contribution in [3.05, 3.63) is 33.8 Å². The highest BCUT2D eigenvalue weighted by Crippen LogP contribution is 2.26. The quantitative estimate of drug-likeness (QED) is 0.726. The molecule has 1 aromatic carbocycles. The molecule has 18 heavy (non-hydrogen) atoms. The van der Waals surface area contributed by atoms with E-state index in [1.165, 1.54) is 34.9 Å². The summed E-state index contributed by atoms with van der Waals surface area (Å²) in [7, 11) is 0. The largest absolute Gasteiger partial charge is 0.310 e. The summed E-state index contributed by atoms with van der Waals surface area (Å²) in [5.41, 5.74) is 2.83. The van der Waals surface area contributed by atoms with E-state index in [-0.39, 0.29) is 0 Å². The number of benzene rings is 1. The predicted octanol–water partition coefficient (Wildman–Crippen LogP) is 5.23. The van der Waals surface area contributed by atoms with Gasteiger partial charge in [-0.15, -0.1) is 0 Å². The highest BCUT2D eigenvalue weighted by molar-refractivity contribution is 9.10. The third-order valence-corrected chi connectivity index (χ3v) is 3.78. The van der Waals surface area contributed by atoms with Crippen LogP contribution in [0.5, 0.6) is 0 Å². The second-order valence-corrected chi connectivity index (χ2v) is 6.39. The molecule has 1 N–H and O–H groups in total. The van der Waals surface area contributed by atoms with Crippen molar-refractivity contribution < 1.29 is 0 Å². The van der Waals surface area contributed by atoms with Crippen LogP contribution in [0.4, 0.5) is 0 Å².